The quantitative estimate of drug-likeness (QED) is 0.716. The number of aryl methyl sites for hydroxylation is 2. The van der Waals surface area contributed by atoms with Gasteiger partial charge in [-0.05, 0) is 30.2 Å². The van der Waals surface area contributed by atoms with E-state index in [1.54, 1.807) is 18.2 Å². The van der Waals surface area contributed by atoms with Crippen molar-refractivity contribution >= 4 is 17.0 Å². The fraction of sp³-hybridized carbons (Fsp3) is 0.125. The van der Waals surface area contributed by atoms with Gasteiger partial charge >= 0.3 is 5.97 Å². The van der Waals surface area contributed by atoms with Gasteiger partial charge in [0.05, 0.1) is 16.6 Å². The van der Waals surface area contributed by atoms with Crippen molar-refractivity contribution in [2.24, 2.45) is 0 Å². The molecule has 108 valence electrons. The zero-order valence-electron chi connectivity index (χ0n) is 11.2. The van der Waals surface area contributed by atoms with Crippen LogP contribution in [0.3, 0.4) is 0 Å². The SMILES string of the molecule is O=C(O)c1ccc2nc(CCc3ccccc3)[nH]c2c1.[Cl-]. The van der Waals surface area contributed by atoms with Gasteiger partial charge in [0.25, 0.3) is 0 Å². The molecule has 0 saturated carbocycles. The third-order valence-corrected chi connectivity index (χ3v) is 3.27. The van der Waals surface area contributed by atoms with Gasteiger partial charge in [-0.15, -0.1) is 0 Å². The molecule has 0 aliphatic carbocycles. The van der Waals surface area contributed by atoms with E-state index in [0.717, 1.165) is 29.7 Å². The van der Waals surface area contributed by atoms with Gasteiger partial charge in [0.2, 0.25) is 0 Å². The third kappa shape index (κ3) is 3.41. The van der Waals surface area contributed by atoms with Gasteiger partial charge < -0.3 is 22.5 Å². The van der Waals surface area contributed by atoms with E-state index in [2.05, 4.69) is 22.1 Å². The summed E-state index contributed by atoms with van der Waals surface area (Å²) < 4.78 is 0. The van der Waals surface area contributed by atoms with Gasteiger partial charge in [-0.1, -0.05) is 30.3 Å². The van der Waals surface area contributed by atoms with Crippen LogP contribution in [0.25, 0.3) is 11.0 Å². The molecule has 0 spiro atoms. The van der Waals surface area contributed by atoms with E-state index in [-0.39, 0.29) is 18.0 Å². The predicted molar refractivity (Wildman–Crippen MR) is 76.9 cm³/mol. The minimum absolute atomic E-state index is 0. The Kier molecular flexibility index (Phi) is 4.60. The Hall–Kier alpha value is -2.33. The molecule has 0 atom stereocenters. The summed E-state index contributed by atoms with van der Waals surface area (Å²) in [5.41, 5.74) is 3.11. The number of aromatic carboxylic acids is 1. The fourth-order valence-electron chi connectivity index (χ4n) is 2.22. The molecule has 3 aromatic rings. The van der Waals surface area contributed by atoms with E-state index in [1.165, 1.54) is 5.56 Å². The number of imidazole rings is 1. The van der Waals surface area contributed by atoms with Gasteiger partial charge in [-0.2, -0.15) is 0 Å². The lowest BCUT2D eigenvalue weighted by molar-refractivity contribution is -0.0000196. The van der Waals surface area contributed by atoms with E-state index in [0.29, 0.717) is 0 Å². The maximum atomic E-state index is 10.9. The molecule has 1 aromatic heterocycles. The molecule has 0 radical (unpaired) electrons. The number of H-pyrrole nitrogens is 1. The molecule has 0 fully saturated rings. The minimum atomic E-state index is -0.924. The average Bonchev–Trinajstić information content (AvgIpc) is 2.88. The highest BCUT2D eigenvalue weighted by atomic mass is 35.5. The summed E-state index contributed by atoms with van der Waals surface area (Å²) in [5, 5.41) is 8.97. The number of rotatable bonds is 4. The van der Waals surface area contributed by atoms with Gasteiger partial charge in [-0.3, -0.25) is 0 Å². The Bertz CT molecular complexity index is 753. The number of carbonyl (C=O) groups is 1. The zero-order valence-corrected chi connectivity index (χ0v) is 12.0. The number of aromatic nitrogens is 2. The van der Waals surface area contributed by atoms with Gasteiger partial charge in [0.15, 0.2) is 0 Å². The summed E-state index contributed by atoms with van der Waals surface area (Å²) in [4.78, 5) is 18.6. The van der Waals surface area contributed by atoms with Crippen LogP contribution < -0.4 is 12.4 Å². The first-order valence-electron chi connectivity index (χ1n) is 6.48. The molecule has 0 amide bonds. The van der Waals surface area contributed by atoms with Crippen molar-refractivity contribution in [1.29, 1.82) is 0 Å². The number of benzene rings is 2. The average molecular weight is 302 g/mol. The van der Waals surface area contributed by atoms with Crippen LogP contribution in [0.15, 0.2) is 48.5 Å². The van der Waals surface area contributed by atoms with Crippen molar-refractivity contribution in [2.45, 2.75) is 12.8 Å². The van der Waals surface area contributed by atoms with Crippen LogP contribution in [0.1, 0.15) is 21.7 Å². The summed E-state index contributed by atoms with van der Waals surface area (Å²) in [5.74, 6) is -0.0428. The van der Waals surface area contributed by atoms with Crippen LogP contribution in [0.2, 0.25) is 0 Å². The number of hydrogen-bond donors (Lipinski definition) is 2. The number of halogens is 1. The molecule has 2 N–H and O–H groups in total. The van der Waals surface area contributed by atoms with Crippen LogP contribution in [-0.4, -0.2) is 21.0 Å². The lowest BCUT2D eigenvalue weighted by atomic mass is 10.1. The summed E-state index contributed by atoms with van der Waals surface area (Å²) in [6.07, 6.45) is 1.72. The van der Waals surface area contributed by atoms with Crippen LogP contribution in [-0.2, 0) is 12.8 Å². The van der Waals surface area contributed by atoms with Crippen molar-refractivity contribution in [2.75, 3.05) is 0 Å². The highest BCUT2D eigenvalue weighted by Crippen LogP contribution is 2.15. The van der Waals surface area contributed by atoms with E-state index in [9.17, 15) is 4.79 Å². The topological polar surface area (TPSA) is 66.0 Å². The van der Waals surface area contributed by atoms with Crippen LogP contribution in [0, 0.1) is 0 Å². The Morgan fingerprint density at radius 2 is 1.86 bits per heavy atom. The fourth-order valence-corrected chi connectivity index (χ4v) is 2.22. The molecule has 0 saturated heterocycles. The molecule has 21 heavy (non-hydrogen) atoms. The number of fused-ring (bicyclic) bond motifs is 1. The number of nitrogens with one attached hydrogen (secondary N) is 1. The highest BCUT2D eigenvalue weighted by Gasteiger charge is 2.07. The third-order valence-electron chi connectivity index (χ3n) is 3.27. The number of carboxylic acid groups (broad SMARTS) is 1. The normalized spacial score (nSPS) is 10.3. The van der Waals surface area contributed by atoms with Crippen LogP contribution in [0.4, 0.5) is 0 Å². The Morgan fingerprint density at radius 1 is 1.10 bits per heavy atom. The van der Waals surface area contributed by atoms with Crippen molar-refractivity contribution < 1.29 is 22.3 Å². The summed E-state index contributed by atoms with van der Waals surface area (Å²) >= 11 is 0. The minimum Gasteiger partial charge on any atom is -1.00 e. The van der Waals surface area contributed by atoms with Crippen molar-refractivity contribution in [3.8, 4) is 0 Å². The van der Waals surface area contributed by atoms with Gasteiger partial charge in [-0.25, -0.2) is 9.78 Å². The molecule has 1 heterocycles. The Balaban J connectivity index is 0.00000161. The van der Waals surface area contributed by atoms with E-state index in [1.807, 2.05) is 18.2 Å². The molecule has 3 rings (SSSR count). The van der Waals surface area contributed by atoms with Crippen molar-refractivity contribution in [3.05, 3.63) is 65.5 Å². The number of nitrogens with zero attached hydrogens (tertiary/aromatic N) is 1. The molecule has 0 bridgehead atoms. The van der Waals surface area contributed by atoms with Crippen molar-refractivity contribution in [1.82, 2.24) is 9.97 Å². The van der Waals surface area contributed by atoms with E-state index >= 15 is 0 Å². The molecule has 5 heteroatoms. The first-order valence-corrected chi connectivity index (χ1v) is 6.48. The molecular formula is C16H14ClN2O2-. The summed E-state index contributed by atoms with van der Waals surface area (Å²) in [6.45, 7) is 0. The van der Waals surface area contributed by atoms with Crippen molar-refractivity contribution in [3.63, 3.8) is 0 Å². The molecule has 0 aliphatic heterocycles. The second-order valence-corrected chi connectivity index (χ2v) is 4.71. The maximum Gasteiger partial charge on any atom is 0.335 e. The molecule has 0 aliphatic rings. The largest absolute Gasteiger partial charge is 1.00 e. The molecule has 4 nitrogen and oxygen atoms in total. The maximum absolute atomic E-state index is 10.9. The lowest BCUT2D eigenvalue weighted by Gasteiger charge is -1.97. The first-order chi connectivity index (χ1) is 9.72. The van der Waals surface area contributed by atoms with E-state index < -0.39 is 5.97 Å². The second kappa shape index (κ2) is 6.41. The standard InChI is InChI=1S/C16H14N2O2.ClH/c19-16(20)12-7-8-13-14(10-12)18-15(17-13)9-6-11-4-2-1-3-5-11;/h1-5,7-8,10H,6,9H2,(H,17,18)(H,19,20);1H/p-1. The molecule has 2 aromatic carbocycles. The number of aromatic amines is 1. The Morgan fingerprint density at radius 3 is 2.57 bits per heavy atom. The number of hydrogen-bond acceptors (Lipinski definition) is 2. The number of carboxylic acids is 1. The Labute approximate surface area is 128 Å². The summed E-state index contributed by atoms with van der Waals surface area (Å²) in [6, 6.07) is 15.2. The second-order valence-electron chi connectivity index (χ2n) is 4.71. The monoisotopic (exact) mass is 301 g/mol. The summed E-state index contributed by atoms with van der Waals surface area (Å²) in [7, 11) is 0. The predicted octanol–water partition coefficient (Wildman–Crippen LogP) is 0.0503. The molecular weight excluding hydrogens is 288 g/mol. The highest BCUT2D eigenvalue weighted by molar-refractivity contribution is 5.92. The van der Waals surface area contributed by atoms with Gasteiger partial charge in [0.1, 0.15) is 5.82 Å². The lowest BCUT2D eigenvalue weighted by Crippen LogP contribution is -3.00. The van der Waals surface area contributed by atoms with E-state index in [4.69, 9.17) is 5.11 Å². The van der Waals surface area contributed by atoms with Gasteiger partial charge in [0, 0.05) is 6.42 Å². The first kappa shape index (κ1) is 15.1. The smallest absolute Gasteiger partial charge is 0.335 e. The van der Waals surface area contributed by atoms with Crippen LogP contribution >= 0.6 is 0 Å². The molecule has 0 unspecified atom stereocenters. The zero-order chi connectivity index (χ0) is 13.9. The van der Waals surface area contributed by atoms with Crippen LogP contribution in [0.5, 0.6) is 0 Å².